The van der Waals surface area contributed by atoms with E-state index in [4.69, 9.17) is 5.11 Å². The molecule has 1 atom stereocenters. The van der Waals surface area contributed by atoms with Crippen LogP contribution in [0.15, 0.2) is 34.2 Å². The van der Waals surface area contributed by atoms with E-state index in [0.717, 1.165) is 17.2 Å². The highest BCUT2D eigenvalue weighted by molar-refractivity contribution is 7.97. The first-order valence-electron chi connectivity index (χ1n) is 4.32. The summed E-state index contributed by atoms with van der Waals surface area (Å²) < 4.78 is 0. The lowest BCUT2D eigenvalue weighted by Crippen LogP contribution is -2.18. The van der Waals surface area contributed by atoms with Crippen molar-refractivity contribution in [2.45, 2.75) is 4.90 Å². The molecule has 0 aromatic heterocycles. The Morgan fingerprint density at radius 1 is 1.38 bits per heavy atom. The van der Waals surface area contributed by atoms with Crippen molar-refractivity contribution in [2.24, 2.45) is 4.99 Å². The quantitative estimate of drug-likeness (QED) is 0.709. The van der Waals surface area contributed by atoms with Crippen LogP contribution >= 0.6 is 0 Å². The van der Waals surface area contributed by atoms with Gasteiger partial charge >= 0.3 is 0 Å². The maximum absolute atomic E-state index is 8.91. The highest BCUT2D eigenvalue weighted by atomic mass is 32.2. The maximum Gasteiger partial charge on any atom is 0.180 e. The third-order valence-corrected chi connectivity index (χ3v) is 4.21. The zero-order chi connectivity index (χ0) is 9.10. The number of benzene rings is 1. The third-order valence-electron chi connectivity index (χ3n) is 2.02. The molecule has 3 heteroatoms. The Kier molecular flexibility index (Phi) is 2.66. The van der Waals surface area contributed by atoms with E-state index in [-0.39, 0.29) is 17.5 Å². The zero-order valence-electron chi connectivity index (χ0n) is 7.31. The monoisotopic (exact) mass is 194 g/mol. The smallest absolute Gasteiger partial charge is 0.180 e. The van der Waals surface area contributed by atoms with Gasteiger partial charge in [-0.2, -0.15) is 0 Å². The number of hydrogen-bond donors (Lipinski definition) is 1. The van der Waals surface area contributed by atoms with Crippen LogP contribution in [0, 0.1) is 0 Å². The zero-order valence-corrected chi connectivity index (χ0v) is 8.13. The first kappa shape index (κ1) is 8.78. The van der Waals surface area contributed by atoms with Crippen LogP contribution in [-0.4, -0.2) is 29.4 Å². The summed E-state index contributed by atoms with van der Waals surface area (Å²) in [6.07, 6.45) is 1.96. The third kappa shape index (κ3) is 1.76. The van der Waals surface area contributed by atoms with E-state index in [1.807, 2.05) is 24.4 Å². The van der Waals surface area contributed by atoms with E-state index in [1.54, 1.807) is 0 Å². The summed E-state index contributed by atoms with van der Waals surface area (Å²) in [7, 11) is 0.181. The van der Waals surface area contributed by atoms with Crippen LogP contribution < -0.4 is 0 Å². The predicted octanol–water partition coefficient (Wildman–Crippen LogP) is 1.37. The Morgan fingerprint density at radius 2 is 2.23 bits per heavy atom. The van der Waals surface area contributed by atoms with E-state index >= 15 is 0 Å². The molecule has 68 valence electrons. The van der Waals surface area contributed by atoms with Crippen molar-refractivity contribution >= 4 is 22.8 Å². The summed E-state index contributed by atoms with van der Waals surface area (Å²) in [5.74, 6) is 1.85. The number of aliphatic imine (C=N–C) groups is 1. The van der Waals surface area contributed by atoms with Crippen LogP contribution in [0.3, 0.4) is 0 Å². The van der Waals surface area contributed by atoms with Crippen molar-refractivity contribution in [1.29, 1.82) is 0 Å². The summed E-state index contributed by atoms with van der Waals surface area (Å²) >= 11 is 0. The van der Waals surface area contributed by atoms with Gasteiger partial charge in [-0.15, -0.1) is 0 Å². The average Bonchev–Trinajstić information content (AvgIpc) is 2.19. The minimum Gasteiger partial charge on any atom is -0.391 e. The highest BCUT2D eigenvalue weighted by Crippen LogP contribution is 2.28. The molecule has 0 radical (unpaired) electrons. The van der Waals surface area contributed by atoms with Crippen LogP contribution in [0.5, 0.6) is 0 Å². The van der Waals surface area contributed by atoms with Gasteiger partial charge in [0.1, 0.15) is 17.2 Å². The van der Waals surface area contributed by atoms with Gasteiger partial charge in [0.05, 0.1) is 12.8 Å². The molecule has 2 nitrogen and oxygen atoms in total. The summed E-state index contributed by atoms with van der Waals surface area (Å²) in [6, 6.07) is 8.19. The molecule has 0 saturated heterocycles. The largest absolute Gasteiger partial charge is 0.391 e. The standard InChI is InChI=1S/C10H12NOS/c12-6-8-13-7-5-11-9-3-1-2-4-10(9)13/h1-5,12H,6-8H2/q+1. The topological polar surface area (TPSA) is 32.6 Å². The fraction of sp³-hybridized carbons (Fsp3) is 0.300. The number of aliphatic hydroxyl groups is 1. The molecule has 2 rings (SSSR count). The minimum absolute atomic E-state index is 0.181. The fourth-order valence-corrected chi connectivity index (χ4v) is 3.16. The van der Waals surface area contributed by atoms with Crippen LogP contribution in [0.25, 0.3) is 0 Å². The Bertz CT molecular complexity index is 324. The molecule has 0 saturated carbocycles. The molecular formula is C10H12NOS+. The number of hydrogen-bond acceptors (Lipinski definition) is 2. The molecule has 1 aliphatic rings. The molecule has 1 heterocycles. The second-order valence-electron chi connectivity index (χ2n) is 2.87. The molecule has 1 aromatic carbocycles. The van der Waals surface area contributed by atoms with Crippen molar-refractivity contribution in [3.8, 4) is 0 Å². The van der Waals surface area contributed by atoms with Crippen LogP contribution in [0.1, 0.15) is 0 Å². The molecule has 0 spiro atoms. The number of rotatable bonds is 2. The van der Waals surface area contributed by atoms with Gasteiger partial charge < -0.3 is 5.11 Å². The van der Waals surface area contributed by atoms with Gasteiger partial charge in [-0.25, -0.2) is 0 Å². The fourth-order valence-electron chi connectivity index (χ4n) is 1.43. The Morgan fingerprint density at radius 3 is 3.08 bits per heavy atom. The van der Waals surface area contributed by atoms with E-state index in [0.29, 0.717) is 0 Å². The van der Waals surface area contributed by atoms with E-state index in [1.165, 1.54) is 4.90 Å². The van der Waals surface area contributed by atoms with Gasteiger partial charge in [0.25, 0.3) is 0 Å². The minimum atomic E-state index is 0.181. The molecular weight excluding hydrogens is 182 g/mol. The molecule has 1 aliphatic heterocycles. The molecule has 0 amide bonds. The normalized spacial score (nSPS) is 19.9. The van der Waals surface area contributed by atoms with Crippen LogP contribution in [-0.2, 0) is 10.9 Å². The number of aliphatic hydroxyl groups excluding tert-OH is 1. The lowest BCUT2D eigenvalue weighted by molar-refractivity contribution is 0.322. The number of fused-ring (bicyclic) bond motifs is 1. The molecule has 1 unspecified atom stereocenters. The first-order valence-corrected chi connectivity index (χ1v) is 5.88. The Balaban J connectivity index is 2.32. The number of nitrogens with zero attached hydrogens (tertiary/aromatic N) is 1. The first-order chi connectivity index (χ1) is 6.42. The van der Waals surface area contributed by atoms with Gasteiger partial charge in [0.15, 0.2) is 4.90 Å². The van der Waals surface area contributed by atoms with Crippen molar-refractivity contribution in [2.75, 3.05) is 18.1 Å². The molecule has 13 heavy (non-hydrogen) atoms. The molecule has 1 N–H and O–H groups in total. The Labute approximate surface area is 80.7 Å². The molecule has 1 aromatic rings. The molecule has 0 fully saturated rings. The molecule has 0 bridgehead atoms. The van der Waals surface area contributed by atoms with Crippen molar-refractivity contribution < 1.29 is 5.11 Å². The van der Waals surface area contributed by atoms with Gasteiger partial charge in [-0.05, 0) is 12.1 Å². The predicted molar refractivity (Wildman–Crippen MR) is 57.0 cm³/mol. The van der Waals surface area contributed by atoms with Gasteiger partial charge in [0.2, 0.25) is 0 Å². The van der Waals surface area contributed by atoms with Crippen molar-refractivity contribution in [3.05, 3.63) is 24.3 Å². The van der Waals surface area contributed by atoms with Gasteiger partial charge in [-0.3, -0.25) is 4.99 Å². The molecule has 0 aliphatic carbocycles. The average molecular weight is 194 g/mol. The van der Waals surface area contributed by atoms with Crippen LogP contribution in [0.2, 0.25) is 0 Å². The second kappa shape index (κ2) is 3.94. The van der Waals surface area contributed by atoms with Crippen molar-refractivity contribution in [1.82, 2.24) is 0 Å². The summed E-state index contributed by atoms with van der Waals surface area (Å²) in [6.45, 7) is 0.269. The van der Waals surface area contributed by atoms with E-state index in [2.05, 4.69) is 11.1 Å². The van der Waals surface area contributed by atoms with E-state index < -0.39 is 0 Å². The summed E-state index contributed by atoms with van der Waals surface area (Å²) in [5.41, 5.74) is 1.07. The van der Waals surface area contributed by atoms with Gasteiger partial charge in [-0.1, -0.05) is 12.1 Å². The summed E-state index contributed by atoms with van der Waals surface area (Å²) in [4.78, 5) is 5.63. The summed E-state index contributed by atoms with van der Waals surface area (Å²) in [5, 5.41) is 8.91. The Hall–Kier alpha value is -0.800. The highest BCUT2D eigenvalue weighted by Gasteiger charge is 2.25. The lowest BCUT2D eigenvalue weighted by atomic mass is 10.3. The second-order valence-corrected chi connectivity index (χ2v) is 5.03. The van der Waals surface area contributed by atoms with E-state index in [9.17, 15) is 0 Å². The SMILES string of the molecule is OCC[S+]1CC=Nc2ccccc21. The maximum atomic E-state index is 8.91. The van der Waals surface area contributed by atoms with Crippen LogP contribution in [0.4, 0.5) is 5.69 Å². The van der Waals surface area contributed by atoms with Gasteiger partial charge in [0, 0.05) is 10.9 Å². The van der Waals surface area contributed by atoms with Crippen molar-refractivity contribution in [3.63, 3.8) is 0 Å². The lowest BCUT2D eigenvalue weighted by Gasteiger charge is -2.10. The number of para-hydroxylation sites is 1.